The molecule has 0 aliphatic carbocycles. The third-order valence-electron chi connectivity index (χ3n) is 4.98. The van der Waals surface area contributed by atoms with Crippen molar-refractivity contribution in [2.45, 2.75) is 52.1 Å². The van der Waals surface area contributed by atoms with Crippen LogP contribution in [0.5, 0.6) is 5.88 Å². The number of rotatable bonds is 4. The predicted octanol–water partition coefficient (Wildman–Crippen LogP) is 2.49. The van der Waals surface area contributed by atoms with E-state index in [4.69, 9.17) is 4.74 Å². The van der Waals surface area contributed by atoms with E-state index < -0.39 is 0 Å². The lowest BCUT2D eigenvalue weighted by Crippen LogP contribution is -2.38. The van der Waals surface area contributed by atoms with E-state index in [-0.39, 0.29) is 11.9 Å². The molecule has 1 amide bonds. The molecule has 2 saturated heterocycles. The SMILES string of the molecule is CCOc1nc(C)ccc1C(=O)N1C[C@@H](N2CCCC2)C[C@H]1C. The van der Waals surface area contributed by atoms with E-state index >= 15 is 0 Å². The Morgan fingerprint density at radius 2 is 2.09 bits per heavy atom. The van der Waals surface area contributed by atoms with Crippen LogP contribution in [0.1, 0.15) is 49.2 Å². The van der Waals surface area contributed by atoms with E-state index in [2.05, 4.69) is 16.8 Å². The standard InChI is InChI=1S/C18H27N3O2/c1-4-23-17-16(8-7-13(2)19-17)18(22)21-12-15(11-14(21)3)20-9-5-6-10-20/h7-8,14-15H,4-6,9-12H2,1-3H3/t14-,15+/m1/s1. The largest absolute Gasteiger partial charge is 0.477 e. The molecule has 2 atom stereocenters. The minimum atomic E-state index is 0.0511. The Hall–Kier alpha value is -1.62. The molecule has 1 aromatic rings. The van der Waals surface area contributed by atoms with Gasteiger partial charge in [-0.3, -0.25) is 9.69 Å². The van der Waals surface area contributed by atoms with Crippen molar-refractivity contribution in [1.29, 1.82) is 0 Å². The summed E-state index contributed by atoms with van der Waals surface area (Å²) in [5.41, 5.74) is 1.46. The summed E-state index contributed by atoms with van der Waals surface area (Å²) in [4.78, 5) is 21.9. The van der Waals surface area contributed by atoms with Crippen molar-refractivity contribution in [2.24, 2.45) is 0 Å². The van der Waals surface area contributed by atoms with E-state index in [0.717, 1.165) is 18.7 Å². The third-order valence-corrected chi connectivity index (χ3v) is 4.98. The molecule has 2 aliphatic rings. The Labute approximate surface area is 138 Å². The fourth-order valence-corrected chi connectivity index (χ4v) is 3.75. The van der Waals surface area contributed by atoms with Gasteiger partial charge in [0.05, 0.1) is 6.61 Å². The van der Waals surface area contributed by atoms with Crippen molar-refractivity contribution < 1.29 is 9.53 Å². The van der Waals surface area contributed by atoms with Crippen LogP contribution >= 0.6 is 0 Å². The smallest absolute Gasteiger partial charge is 0.259 e. The van der Waals surface area contributed by atoms with Gasteiger partial charge in [-0.15, -0.1) is 0 Å². The third kappa shape index (κ3) is 3.34. The van der Waals surface area contributed by atoms with Gasteiger partial charge >= 0.3 is 0 Å². The number of likely N-dealkylation sites (tertiary alicyclic amines) is 2. The van der Waals surface area contributed by atoms with Crippen LogP contribution in [0.25, 0.3) is 0 Å². The Morgan fingerprint density at radius 1 is 1.35 bits per heavy atom. The van der Waals surface area contributed by atoms with E-state index in [1.54, 1.807) is 0 Å². The topological polar surface area (TPSA) is 45.7 Å². The Kier molecular flexibility index (Phi) is 4.85. The van der Waals surface area contributed by atoms with Gasteiger partial charge in [-0.05, 0) is 65.3 Å². The summed E-state index contributed by atoms with van der Waals surface area (Å²) >= 11 is 0. The number of hydrogen-bond acceptors (Lipinski definition) is 4. The number of pyridine rings is 1. The molecule has 5 heteroatoms. The molecule has 5 nitrogen and oxygen atoms in total. The molecular weight excluding hydrogens is 290 g/mol. The summed E-state index contributed by atoms with van der Waals surface area (Å²) in [7, 11) is 0. The zero-order valence-corrected chi connectivity index (χ0v) is 14.4. The van der Waals surface area contributed by atoms with E-state index in [9.17, 15) is 4.79 Å². The molecule has 2 fully saturated rings. The molecule has 23 heavy (non-hydrogen) atoms. The van der Waals surface area contributed by atoms with Gasteiger partial charge in [-0.25, -0.2) is 4.98 Å². The zero-order chi connectivity index (χ0) is 16.4. The fraction of sp³-hybridized carbons (Fsp3) is 0.667. The van der Waals surface area contributed by atoms with Gasteiger partial charge < -0.3 is 9.64 Å². The lowest BCUT2D eigenvalue weighted by atomic mass is 10.1. The van der Waals surface area contributed by atoms with Gasteiger partial charge in [0, 0.05) is 24.3 Å². The van der Waals surface area contributed by atoms with Crippen LogP contribution < -0.4 is 4.74 Å². The van der Waals surface area contributed by atoms with E-state index in [1.807, 2.05) is 30.9 Å². The highest BCUT2D eigenvalue weighted by atomic mass is 16.5. The van der Waals surface area contributed by atoms with E-state index in [0.29, 0.717) is 24.1 Å². The van der Waals surface area contributed by atoms with Crippen LogP contribution in [-0.2, 0) is 0 Å². The van der Waals surface area contributed by atoms with Gasteiger partial charge in [0.2, 0.25) is 5.88 Å². The van der Waals surface area contributed by atoms with Crippen LogP contribution in [0.4, 0.5) is 0 Å². The number of ether oxygens (including phenoxy) is 1. The molecule has 0 radical (unpaired) electrons. The predicted molar refractivity (Wildman–Crippen MR) is 89.9 cm³/mol. The molecule has 3 heterocycles. The highest BCUT2D eigenvalue weighted by Gasteiger charge is 2.37. The number of carbonyl (C=O) groups is 1. The van der Waals surface area contributed by atoms with Crippen LogP contribution in [-0.4, -0.2) is 59.0 Å². The number of nitrogens with zero attached hydrogens (tertiary/aromatic N) is 3. The lowest BCUT2D eigenvalue weighted by molar-refractivity contribution is 0.0732. The summed E-state index contributed by atoms with van der Waals surface area (Å²) in [6.07, 6.45) is 3.64. The van der Waals surface area contributed by atoms with Gasteiger partial charge in [0.25, 0.3) is 5.91 Å². The molecule has 0 bridgehead atoms. The summed E-state index contributed by atoms with van der Waals surface area (Å²) in [6.45, 7) is 9.67. The molecule has 3 rings (SSSR count). The lowest BCUT2D eigenvalue weighted by Gasteiger charge is -2.24. The second kappa shape index (κ2) is 6.87. The Morgan fingerprint density at radius 3 is 2.78 bits per heavy atom. The number of hydrogen-bond donors (Lipinski definition) is 0. The molecule has 1 aromatic heterocycles. The molecule has 0 N–H and O–H groups in total. The van der Waals surface area contributed by atoms with Crippen LogP contribution in [0.15, 0.2) is 12.1 Å². The van der Waals surface area contributed by atoms with Crippen molar-refractivity contribution >= 4 is 5.91 Å². The van der Waals surface area contributed by atoms with Gasteiger partial charge in [0.15, 0.2) is 0 Å². The van der Waals surface area contributed by atoms with Crippen LogP contribution in [0.3, 0.4) is 0 Å². The summed E-state index contributed by atoms with van der Waals surface area (Å²) in [5, 5.41) is 0. The molecule has 126 valence electrons. The zero-order valence-electron chi connectivity index (χ0n) is 14.4. The minimum Gasteiger partial charge on any atom is -0.477 e. The first-order chi connectivity index (χ1) is 11.1. The van der Waals surface area contributed by atoms with Gasteiger partial charge in [-0.2, -0.15) is 0 Å². The van der Waals surface area contributed by atoms with Crippen molar-refractivity contribution in [2.75, 3.05) is 26.2 Å². The maximum atomic E-state index is 13.0. The first kappa shape index (κ1) is 16.2. The van der Waals surface area contributed by atoms with Gasteiger partial charge in [0.1, 0.15) is 5.56 Å². The number of amides is 1. The quantitative estimate of drug-likeness (QED) is 0.856. The number of aryl methyl sites for hydroxylation is 1. The van der Waals surface area contributed by atoms with Crippen molar-refractivity contribution in [3.05, 3.63) is 23.4 Å². The monoisotopic (exact) mass is 317 g/mol. The second-order valence-corrected chi connectivity index (χ2v) is 6.68. The minimum absolute atomic E-state index is 0.0511. The molecular formula is C18H27N3O2. The van der Waals surface area contributed by atoms with Crippen molar-refractivity contribution in [3.8, 4) is 5.88 Å². The molecule has 0 unspecified atom stereocenters. The Balaban J connectivity index is 1.77. The summed E-state index contributed by atoms with van der Waals surface area (Å²) in [5.74, 6) is 0.518. The average Bonchev–Trinajstić information content (AvgIpc) is 3.16. The first-order valence-electron chi connectivity index (χ1n) is 8.75. The summed E-state index contributed by atoms with van der Waals surface area (Å²) in [6, 6.07) is 4.51. The van der Waals surface area contributed by atoms with Gasteiger partial charge in [-0.1, -0.05) is 0 Å². The summed E-state index contributed by atoms with van der Waals surface area (Å²) < 4.78 is 5.59. The molecule has 0 saturated carbocycles. The Bertz CT molecular complexity index is 569. The van der Waals surface area contributed by atoms with Crippen molar-refractivity contribution in [3.63, 3.8) is 0 Å². The van der Waals surface area contributed by atoms with E-state index in [1.165, 1.54) is 25.9 Å². The van der Waals surface area contributed by atoms with Crippen LogP contribution in [0, 0.1) is 6.92 Å². The molecule has 0 aromatic carbocycles. The second-order valence-electron chi connectivity index (χ2n) is 6.68. The maximum Gasteiger partial charge on any atom is 0.259 e. The maximum absolute atomic E-state index is 13.0. The van der Waals surface area contributed by atoms with Crippen LogP contribution in [0.2, 0.25) is 0 Å². The molecule has 0 spiro atoms. The number of carbonyl (C=O) groups excluding carboxylic acids is 1. The molecule has 2 aliphatic heterocycles. The average molecular weight is 317 g/mol. The fourth-order valence-electron chi connectivity index (χ4n) is 3.75. The highest BCUT2D eigenvalue weighted by Crippen LogP contribution is 2.28. The first-order valence-corrected chi connectivity index (χ1v) is 8.75. The highest BCUT2D eigenvalue weighted by molar-refractivity contribution is 5.96. The number of aromatic nitrogens is 1. The van der Waals surface area contributed by atoms with Crippen molar-refractivity contribution in [1.82, 2.24) is 14.8 Å². The normalized spacial score (nSPS) is 25.1.